The number of alkyl carbamates (subject to hydrolysis) is 1. The second-order valence-corrected chi connectivity index (χ2v) is 11.1. The summed E-state index contributed by atoms with van der Waals surface area (Å²) in [4.78, 5) is 40.3. The van der Waals surface area contributed by atoms with Crippen LogP contribution in [0.4, 0.5) is 10.5 Å². The van der Waals surface area contributed by atoms with Crippen LogP contribution in [0, 0.1) is 0 Å². The van der Waals surface area contributed by atoms with Gasteiger partial charge in [-0.15, -0.1) is 0 Å². The molecule has 214 valence electrons. The molecule has 1 atom stereocenters. The first kappa shape index (κ1) is 29.0. The molecule has 4 aromatic carbocycles. The molecule has 0 saturated carbocycles. The van der Waals surface area contributed by atoms with Gasteiger partial charge >= 0.3 is 12.1 Å². The van der Waals surface area contributed by atoms with Crippen LogP contribution in [0.25, 0.3) is 11.1 Å². The van der Waals surface area contributed by atoms with Crippen molar-refractivity contribution in [1.82, 2.24) is 10.2 Å². The Hall–Kier alpha value is -4.47. The molecule has 4 aromatic rings. The van der Waals surface area contributed by atoms with Crippen molar-refractivity contribution in [3.63, 3.8) is 0 Å². The van der Waals surface area contributed by atoms with Crippen LogP contribution in [0.15, 0.2) is 102 Å². The lowest BCUT2D eigenvalue weighted by atomic mass is 9.98. The maximum atomic E-state index is 13.5. The molecule has 0 saturated heterocycles. The summed E-state index contributed by atoms with van der Waals surface area (Å²) in [7, 11) is 1.84. The predicted octanol–water partition coefficient (Wildman–Crippen LogP) is 6.13. The molecule has 0 bridgehead atoms. The number of carboxylic acids is 1. The van der Waals surface area contributed by atoms with E-state index in [-0.39, 0.29) is 30.3 Å². The fourth-order valence-corrected chi connectivity index (χ4v) is 5.63. The van der Waals surface area contributed by atoms with Gasteiger partial charge in [0.05, 0.1) is 11.3 Å². The maximum absolute atomic E-state index is 13.5. The summed E-state index contributed by atoms with van der Waals surface area (Å²) in [5.74, 6) is -1.88. The molecule has 1 aliphatic carbocycles. The molecular weight excluding hydrogens is 598 g/mol. The van der Waals surface area contributed by atoms with E-state index in [0.29, 0.717) is 11.0 Å². The number of likely N-dealkylation sites (N-methyl/N-ethyl adjacent to an activating group) is 1. The van der Waals surface area contributed by atoms with Crippen LogP contribution in [0.5, 0.6) is 0 Å². The maximum Gasteiger partial charge on any atom is 0.407 e. The first-order valence-electron chi connectivity index (χ1n) is 13.5. The number of aromatic carboxylic acids is 1. The summed E-state index contributed by atoms with van der Waals surface area (Å²) < 4.78 is 6.26. The van der Waals surface area contributed by atoms with E-state index in [0.717, 1.165) is 27.8 Å². The Morgan fingerprint density at radius 1 is 0.905 bits per heavy atom. The molecule has 1 aliphatic rings. The number of anilines is 1. The van der Waals surface area contributed by atoms with Gasteiger partial charge in [-0.2, -0.15) is 0 Å². The summed E-state index contributed by atoms with van der Waals surface area (Å²) in [6.07, 6.45) is -0.737. The second-order valence-electron chi connectivity index (χ2n) is 10.2. The van der Waals surface area contributed by atoms with Crippen LogP contribution in [-0.2, 0) is 16.1 Å². The third kappa shape index (κ3) is 6.70. The molecule has 0 heterocycles. The molecule has 0 fully saturated rings. The van der Waals surface area contributed by atoms with Gasteiger partial charge in [0.15, 0.2) is 0 Å². The van der Waals surface area contributed by atoms with Gasteiger partial charge in [0.2, 0.25) is 5.91 Å². The summed E-state index contributed by atoms with van der Waals surface area (Å²) in [5, 5.41) is 15.0. The number of nitrogens with zero attached hydrogens (tertiary/aromatic N) is 1. The number of carboxylic acid groups (broad SMARTS) is 1. The standard InChI is InChI=1S/C33H30BrN3O5/c1-37(18-21-9-3-2-4-10-21)19-30(31(38)35-29-16-15-22(34)17-27(29)32(39)40)36-33(41)42-20-28-25-13-7-5-11-23(25)24-12-6-8-14-26(24)28/h2-17,28,30H,18-20H2,1H3,(H,35,38)(H,36,41)(H,39,40). The molecule has 2 amide bonds. The topological polar surface area (TPSA) is 108 Å². The van der Waals surface area contributed by atoms with E-state index in [1.54, 1.807) is 6.07 Å². The van der Waals surface area contributed by atoms with E-state index < -0.39 is 24.0 Å². The van der Waals surface area contributed by atoms with E-state index in [4.69, 9.17) is 4.74 Å². The van der Waals surface area contributed by atoms with Crippen LogP contribution in [-0.4, -0.2) is 54.2 Å². The average molecular weight is 629 g/mol. The van der Waals surface area contributed by atoms with Crippen molar-refractivity contribution in [1.29, 1.82) is 0 Å². The monoisotopic (exact) mass is 627 g/mol. The van der Waals surface area contributed by atoms with Gasteiger partial charge in [-0.05, 0) is 53.1 Å². The molecule has 8 nitrogen and oxygen atoms in total. The first-order valence-corrected chi connectivity index (χ1v) is 14.3. The van der Waals surface area contributed by atoms with E-state index in [1.165, 1.54) is 12.1 Å². The molecule has 0 aromatic heterocycles. The zero-order valence-electron chi connectivity index (χ0n) is 22.9. The van der Waals surface area contributed by atoms with Gasteiger partial charge in [-0.3, -0.25) is 9.69 Å². The smallest absolute Gasteiger partial charge is 0.407 e. The Labute approximate surface area is 252 Å². The van der Waals surface area contributed by atoms with Gasteiger partial charge < -0.3 is 20.5 Å². The van der Waals surface area contributed by atoms with Crippen molar-refractivity contribution < 1.29 is 24.2 Å². The fraction of sp³-hybridized carbons (Fsp3) is 0.182. The molecule has 1 unspecified atom stereocenters. The number of rotatable bonds is 10. The van der Waals surface area contributed by atoms with Crippen LogP contribution in [0.1, 0.15) is 33.0 Å². The molecule has 5 rings (SSSR count). The Morgan fingerprint density at radius 2 is 1.52 bits per heavy atom. The predicted molar refractivity (Wildman–Crippen MR) is 164 cm³/mol. The fourth-order valence-electron chi connectivity index (χ4n) is 5.27. The van der Waals surface area contributed by atoms with Crippen molar-refractivity contribution >= 4 is 39.6 Å². The van der Waals surface area contributed by atoms with Gasteiger partial charge in [-0.1, -0.05) is 94.8 Å². The Balaban J connectivity index is 1.31. The lowest BCUT2D eigenvalue weighted by Crippen LogP contribution is -2.50. The molecule has 0 radical (unpaired) electrons. The normalized spacial score (nSPS) is 12.7. The van der Waals surface area contributed by atoms with Crippen LogP contribution >= 0.6 is 15.9 Å². The van der Waals surface area contributed by atoms with E-state index in [1.807, 2.05) is 78.7 Å². The number of ether oxygens (including phenoxy) is 1. The highest BCUT2D eigenvalue weighted by atomic mass is 79.9. The number of hydrogen-bond donors (Lipinski definition) is 3. The zero-order chi connectivity index (χ0) is 29.6. The zero-order valence-corrected chi connectivity index (χ0v) is 24.5. The minimum absolute atomic E-state index is 0.0738. The second kappa shape index (κ2) is 13.0. The van der Waals surface area contributed by atoms with Gasteiger partial charge in [0.1, 0.15) is 12.6 Å². The SMILES string of the molecule is CN(Cc1ccccc1)CC(NC(=O)OCC1c2ccccc2-c2ccccc21)C(=O)Nc1ccc(Br)cc1C(=O)O. The number of carbonyl (C=O) groups excluding carboxylic acids is 2. The molecule has 42 heavy (non-hydrogen) atoms. The highest BCUT2D eigenvalue weighted by Crippen LogP contribution is 2.44. The minimum atomic E-state index is -1.19. The summed E-state index contributed by atoms with van der Waals surface area (Å²) in [5.41, 5.74) is 5.49. The highest BCUT2D eigenvalue weighted by molar-refractivity contribution is 9.10. The van der Waals surface area contributed by atoms with Crippen LogP contribution in [0.3, 0.4) is 0 Å². The Bertz CT molecular complexity index is 1570. The Morgan fingerprint density at radius 3 is 2.17 bits per heavy atom. The first-order chi connectivity index (χ1) is 20.3. The number of amides is 2. The molecule has 9 heteroatoms. The average Bonchev–Trinajstić information content (AvgIpc) is 3.30. The highest BCUT2D eigenvalue weighted by Gasteiger charge is 2.30. The minimum Gasteiger partial charge on any atom is -0.478 e. The number of benzene rings is 4. The van der Waals surface area contributed by atoms with Crippen molar-refractivity contribution in [3.8, 4) is 11.1 Å². The summed E-state index contributed by atoms with van der Waals surface area (Å²) in [6.45, 7) is 0.795. The van der Waals surface area contributed by atoms with Crippen LogP contribution < -0.4 is 10.6 Å². The number of carbonyl (C=O) groups is 3. The third-order valence-electron chi connectivity index (χ3n) is 7.21. The lowest BCUT2D eigenvalue weighted by molar-refractivity contribution is -0.118. The molecule has 0 spiro atoms. The number of hydrogen-bond acceptors (Lipinski definition) is 5. The third-order valence-corrected chi connectivity index (χ3v) is 7.70. The largest absolute Gasteiger partial charge is 0.478 e. The number of halogens is 1. The van der Waals surface area contributed by atoms with Crippen molar-refractivity contribution in [2.45, 2.75) is 18.5 Å². The molecular formula is C33H30BrN3O5. The van der Waals surface area contributed by atoms with E-state index in [9.17, 15) is 19.5 Å². The van der Waals surface area contributed by atoms with Gasteiger partial charge in [-0.25, -0.2) is 9.59 Å². The summed E-state index contributed by atoms with van der Waals surface area (Å²) >= 11 is 3.27. The van der Waals surface area contributed by atoms with Gasteiger partial charge in [0, 0.05) is 23.5 Å². The summed E-state index contributed by atoms with van der Waals surface area (Å²) in [6, 6.07) is 29.4. The van der Waals surface area contributed by atoms with Crippen LogP contribution in [0.2, 0.25) is 0 Å². The van der Waals surface area contributed by atoms with E-state index >= 15 is 0 Å². The van der Waals surface area contributed by atoms with E-state index in [2.05, 4.69) is 38.7 Å². The lowest BCUT2D eigenvalue weighted by Gasteiger charge is -2.25. The van der Waals surface area contributed by atoms with Gasteiger partial charge in [0.25, 0.3) is 0 Å². The van der Waals surface area contributed by atoms with Crippen molar-refractivity contribution in [2.24, 2.45) is 0 Å². The quantitative estimate of drug-likeness (QED) is 0.195. The number of nitrogens with one attached hydrogen (secondary N) is 2. The van der Waals surface area contributed by atoms with Crippen molar-refractivity contribution in [2.75, 3.05) is 25.5 Å². The number of fused-ring (bicyclic) bond motifs is 3. The molecule has 3 N–H and O–H groups in total. The Kier molecular flexibility index (Phi) is 9.00. The van der Waals surface area contributed by atoms with Crippen molar-refractivity contribution in [3.05, 3.63) is 124 Å². The molecule has 0 aliphatic heterocycles.